The van der Waals surface area contributed by atoms with Crippen molar-refractivity contribution >= 4 is 0 Å². The Morgan fingerprint density at radius 2 is 2.08 bits per heavy atom. The van der Waals surface area contributed by atoms with Gasteiger partial charge in [-0.3, -0.25) is 0 Å². The van der Waals surface area contributed by atoms with Gasteiger partial charge in [0.2, 0.25) is 0 Å². The molecular formula is C12H18. The molecule has 1 unspecified atom stereocenters. The fraction of sp³-hybridized carbons (Fsp3) is 0.667. The SMILES string of the molecule is C1=CCCC2CCCCCC2=C1. The van der Waals surface area contributed by atoms with Gasteiger partial charge in [0.15, 0.2) is 0 Å². The van der Waals surface area contributed by atoms with Gasteiger partial charge in [0.25, 0.3) is 0 Å². The third-order valence-electron chi connectivity index (χ3n) is 3.17. The van der Waals surface area contributed by atoms with Gasteiger partial charge in [-0.15, -0.1) is 0 Å². The van der Waals surface area contributed by atoms with E-state index in [1.54, 1.807) is 5.57 Å². The Labute approximate surface area is 75.4 Å². The molecule has 0 aromatic carbocycles. The summed E-state index contributed by atoms with van der Waals surface area (Å²) in [6.07, 6.45) is 16.8. The normalized spacial score (nSPS) is 30.0. The van der Waals surface area contributed by atoms with Crippen LogP contribution < -0.4 is 0 Å². The monoisotopic (exact) mass is 162 g/mol. The molecular weight excluding hydrogens is 144 g/mol. The van der Waals surface area contributed by atoms with Crippen molar-refractivity contribution in [1.29, 1.82) is 0 Å². The minimum Gasteiger partial charge on any atom is -0.0845 e. The van der Waals surface area contributed by atoms with Crippen LogP contribution in [0, 0.1) is 5.92 Å². The second-order valence-electron chi connectivity index (χ2n) is 4.04. The molecule has 0 nitrogen and oxygen atoms in total. The molecule has 1 atom stereocenters. The van der Waals surface area contributed by atoms with E-state index in [-0.39, 0.29) is 0 Å². The summed E-state index contributed by atoms with van der Waals surface area (Å²) >= 11 is 0. The van der Waals surface area contributed by atoms with Crippen molar-refractivity contribution in [2.75, 3.05) is 0 Å². The van der Waals surface area contributed by atoms with Gasteiger partial charge in [-0.1, -0.05) is 36.6 Å². The molecule has 0 radical (unpaired) electrons. The Morgan fingerprint density at radius 1 is 1.08 bits per heavy atom. The number of hydrogen-bond acceptors (Lipinski definition) is 0. The first-order chi connectivity index (χ1) is 5.97. The molecule has 2 aliphatic carbocycles. The topological polar surface area (TPSA) is 0 Å². The van der Waals surface area contributed by atoms with Crippen molar-refractivity contribution in [3.8, 4) is 0 Å². The number of fused-ring (bicyclic) bond motifs is 1. The molecule has 0 bridgehead atoms. The summed E-state index contributed by atoms with van der Waals surface area (Å²) in [7, 11) is 0. The van der Waals surface area contributed by atoms with E-state index in [0.717, 1.165) is 5.92 Å². The molecule has 2 aliphatic rings. The average molecular weight is 162 g/mol. The van der Waals surface area contributed by atoms with Gasteiger partial charge >= 0.3 is 0 Å². The van der Waals surface area contributed by atoms with Crippen molar-refractivity contribution in [2.24, 2.45) is 5.92 Å². The molecule has 2 rings (SSSR count). The molecule has 12 heavy (non-hydrogen) atoms. The molecule has 1 fully saturated rings. The zero-order valence-corrected chi connectivity index (χ0v) is 7.76. The summed E-state index contributed by atoms with van der Waals surface area (Å²) in [5.74, 6) is 0.933. The van der Waals surface area contributed by atoms with Crippen LogP contribution in [0.25, 0.3) is 0 Å². The summed E-state index contributed by atoms with van der Waals surface area (Å²) in [6.45, 7) is 0. The van der Waals surface area contributed by atoms with E-state index in [1.165, 1.54) is 44.9 Å². The van der Waals surface area contributed by atoms with E-state index in [1.807, 2.05) is 0 Å². The van der Waals surface area contributed by atoms with E-state index in [9.17, 15) is 0 Å². The summed E-state index contributed by atoms with van der Waals surface area (Å²) in [5.41, 5.74) is 1.74. The van der Waals surface area contributed by atoms with Gasteiger partial charge in [-0.05, 0) is 38.0 Å². The maximum Gasteiger partial charge on any atom is -0.0197 e. The van der Waals surface area contributed by atoms with Gasteiger partial charge in [0.05, 0.1) is 0 Å². The highest BCUT2D eigenvalue weighted by molar-refractivity contribution is 5.18. The van der Waals surface area contributed by atoms with Crippen LogP contribution >= 0.6 is 0 Å². The molecule has 0 spiro atoms. The lowest BCUT2D eigenvalue weighted by Crippen LogP contribution is -2.00. The molecule has 0 aromatic rings. The molecule has 1 saturated carbocycles. The van der Waals surface area contributed by atoms with Crippen molar-refractivity contribution in [1.82, 2.24) is 0 Å². The fourth-order valence-electron chi connectivity index (χ4n) is 2.42. The summed E-state index contributed by atoms with van der Waals surface area (Å²) in [4.78, 5) is 0. The standard InChI is InChI=1S/C12H18/c1-3-7-11-9-5-2-6-10-12(11)8-4-1/h1,3,7,12H,2,4-6,8-10H2. The van der Waals surface area contributed by atoms with Crippen LogP contribution in [0.2, 0.25) is 0 Å². The van der Waals surface area contributed by atoms with Crippen molar-refractivity contribution in [3.63, 3.8) is 0 Å². The van der Waals surface area contributed by atoms with Gasteiger partial charge in [0, 0.05) is 0 Å². The van der Waals surface area contributed by atoms with Crippen LogP contribution in [-0.4, -0.2) is 0 Å². The fourth-order valence-corrected chi connectivity index (χ4v) is 2.42. The second-order valence-corrected chi connectivity index (χ2v) is 4.04. The predicted molar refractivity (Wildman–Crippen MR) is 53.0 cm³/mol. The maximum absolute atomic E-state index is 2.38. The first kappa shape index (κ1) is 8.10. The van der Waals surface area contributed by atoms with Gasteiger partial charge < -0.3 is 0 Å². The lowest BCUT2D eigenvalue weighted by atomic mass is 9.91. The van der Waals surface area contributed by atoms with Crippen molar-refractivity contribution < 1.29 is 0 Å². The molecule has 0 heteroatoms. The Kier molecular flexibility index (Phi) is 2.65. The van der Waals surface area contributed by atoms with Crippen molar-refractivity contribution in [3.05, 3.63) is 23.8 Å². The predicted octanol–water partition coefficient (Wildman–Crippen LogP) is 3.84. The zero-order chi connectivity index (χ0) is 8.23. The summed E-state index contributed by atoms with van der Waals surface area (Å²) in [6, 6.07) is 0. The van der Waals surface area contributed by atoms with Crippen LogP contribution in [-0.2, 0) is 0 Å². The van der Waals surface area contributed by atoms with E-state index >= 15 is 0 Å². The van der Waals surface area contributed by atoms with E-state index < -0.39 is 0 Å². The van der Waals surface area contributed by atoms with Crippen LogP contribution in [0.15, 0.2) is 23.8 Å². The first-order valence-corrected chi connectivity index (χ1v) is 5.32. The third-order valence-corrected chi connectivity index (χ3v) is 3.17. The van der Waals surface area contributed by atoms with Crippen molar-refractivity contribution in [2.45, 2.75) is 44.9 Å². The van der Waals surface area contributed by atoms with Gasteiger partial charge in [-0.25, -0.2) is 0 Å². The Hall–Kier alpha value is -0.520. The van der Waals surface area contributed by atoms with Crippen LogP contribution in [0.5, 0.6) is 0 Å². The minimum absolute atomic E-state index is 0.933. The Balaban J connectivity index is 2.11. The first-order valence-electron chi connectivity index (χ1n) is 5.32. The number of rotatable bonds is 0. The molecule has 0 heterocycles. The maximum atomic E-state index is 2.38. The zero-order valence-electron chi connectivity index (χ0n) is 7.76. The highest BCUT2D eigenvalue weighted by Gasteiger charge is 2.16. The quantitative estimate of drug-likeness (QED) is 0.507. The highest BCUT2D eigenvalue weighted by Crippen LogP contribution is 2.32. The molecule has 0 aliphatic heterocycles. The molecule has 0 N–H and O–H groups in total. The number of hydrogen-bond donors (Lipinski definition) is 0. The van der Waals surface area contributed by atoms with E-state index in [0.29, 0.717) is 0 Å². The highest BCUT2D eigenvalue weighted by atomic mass is 14.2. The molecule has 0 amide bonds. The average Bonchev–Trinajstić information content (AvgIpc) is 2.38. The Bertz CT molecular complexity index is 198. The van der Waals surface area contributed by atoms with Gasteiger partial charge in [-0.2, -0.15) is 0 Å². The smallest absolute Gasteiger partial charge is 0.0197 e. The summed E-state index contributed by atoms with van der Waals surface area (Å²) < 4.78 is 0. The van der Waals surface area contributed by atoms with Crippen LogP contribution in [0.1, 0.15) is 44.9 Å². The minimum atomic E-state index is 0.933. The lowest BCUT2D eigenvalue weighted by molar-refractivity contribution is 0.517. The summed E-state index contributed by atoms with van der Waals surface area (Å²) in [5, 5.41) is 0. The molecule has 66 valence electrons. The third kappa shape index (κ3) is 1.80. The van der Waals surface area contributed by atoms with E-state index in [2.05, 4.69) is 18.2 Å². The molecule has 0 saturated heterocycles. The Morgan fingerprint density at radius 3 is 3.08 bits per heavy atom. The lowest BCUT2D eigenvalue weighted by Gasteiger charge is -2.14. The van der Waals surface area contributed by atoms with Gasteiger partial charge in [0.1, 0.15) is 0 Å². The largest absolute Gasteiger partial charge is 0.0845 e. The van der Waals surface area contributed by atoms with E-state index in [4.69, 9.17) is 0 Å². The second kappa shape index (κ2) is 3.93. The van der Waals surface area contributed by atoms with Crippen LogP contribution in [0.3, 0.4) is 0 Å². The van der Waals surface area contributed by atoms with Crippen LogP contribution in [0.4, 0.5) is 0 Å². The molecule has 0 aromatic heterocycles. The number of allylic oxidation sites excluding steroid dienone is 4.